The molecule has 0 aliphatic carbocycles. The Balaban J connectivity index is 3.12. The Bertz CT molecular complexity index is 366. The molecule has 102 valence electrons. The second kappa shape index (κ2) is 5.55. The third kappa shape index (κ3) is 2.42. The first kappa shape index (κ1) is 14.7. The summed E-state index contributed by atoms with van der Waals surface area (Å²) in [6, 6.07) is -0.422. The van der Waals surface area contributed by atoms with Gasteiger partial charge in [0.2, 0.25) is 11.8 Å². The van der Waals surface area contributed by atoms with Gasteiger partial charge in [0, 0.05) is 6.54 Å². The van der Waals surface area contributed by atoms with Gasteiger partial charge in [0.05, 0.1) is 0 Å². The van der Waals surface area contributed by atoms with Gasteiger partial charge < -0.3 is 10.2 Å². The van der Waals surface area contributed by atoms with Gasteiger partial charge in [-0.25, -0.2) is 0 Å². The minimum absolute atomic E-state index is 0.0100. The van der Waals surface area contributed by atoms with E-state index in [4.69, 9.17) is 0 Å². The molecule has 4 nitrogen and oxygen atoms in total. The van der Waals surface area contributed by atoms with Gasteiger partial charge in [0.15, 0.2) is 0 Å². The van der Waals surface area contributed by atoms with E-state index in [1.807, 2.05) is 33.8 Å². The predicted octanol–water partition coefficient (Wildman–Crippen LogP) is 1.86. The number of piperazine rings is 1. The molecule has 1 aliphatic heterocycles. The third-order valence-electron chi connectivity index (χ3n) is 3.78. The molecule has 0 saturated carbocycles. The topological polar surface area (TPSA) is 49.4 Å². The lowest BCUT2D eigenvalue weighted by Gasteiger charge is -2.46. The molecule has 4 heteroatoms. The van der Waals surface area contributed by atoms with Crippen molar-refractivity contribution in [2.24, 2.45) is 0 Å². The van der Waals surface area contributed by atoms with Crippen molar-refractivity contribution in [3.8, 4) is 0 Å². The molecule has 0 aromatic rings. The van der Waals surface area contributed by atoms with Gasteiger partial charge in [-0.1, -0.05) is 25.5 Å². The highest BCUT2D eigenvalue weighted by atomic mass is 16.2. The number of carbonyl (C=O) groups is 2. The van der Waals surface area contributed by atoms with E-state index in [1.54, 1.807) is 11.8 Å². The lowest BCUT2D eigenvalue weighted by atomic mass is 9.86. The fraction of sp³-hybridized carbons (Fsp3) is 0.714. The Morgan fingerprint density at radius 1 is 1.33 bits per heavy atom. The highest BCUT2D eigenvalue weighted by molar-refractivity contribution is 5.99. The van der Waals surface area contributed by atoms with Crippen LogP contribution in [-0.4, -0.2) is 34.8 Å². The van der Waals surface area contributed by atoms with Crippen molar-refractivity contribution in [2.75, 3.05) is 6.54 Å². The summed E-state index contributed by atoms with van der Waals surface area (Å²) in [5.41, 5.74) is 0.470. The first-order chi connectivity index (χ1) is 8.39. The van der Waals surface area contributed by atoms with Crippen LogP contribution in [0.2, 0.25) is 0 Å². The van der Waals surface area contributed by atoms with Crippen molar-refractivity contribution in [3.05, 3.63) is 11.6 Å². The van der Waals surface area contributed by atoms with E-state index in [1.165, 1.54) is 0 Å². The van der Waals surface area contributed by atoms with E-state index in [9.17, 15) is 9.59 Å². The van der Waals surface area contributed by atoms with Gasteiger partial charge in [-0.05, 0) is 33.6 Å². The summed E-state index contributed by atoms with van der Waals surface area (Å²) in [6.45, 7) is 10.2. The normalized spacial score (nSPS) is 22.7. The first-order valence-electron chi connectivity index (χ1n) is 6.64. The molecule has 18 heavy (non-hydrogen) atoms. The summed E-state index contributed by atoms with van der Waals surface area (Å²) in [4.78, 5) is 26.3. The van der Waals surface area contributed by atoms with Crippen LogP contribution >= 0.6 is 0 Å². The van der Waals surface area contributed by atoms with Gasteiger partial charge >= 0.3 is 0 Å². The maximum atomic E-state index is 12.3. The number of amides is 2. The van der Waals surface area contributed by atoms with Crippen molar-refractivity contribution < 1.29 is 9.59 Å². The zero-order valence-electron chi connectivity index (χ0n) is 12.0. The molecule has 1 aliphatic rings. The lowest BCUT2D eigenvalue weighted by molar-refractivity contribution is -0.156. The SMILES string of the molecule is CCC1(CC)C(=O)NC(C)C(=O)N1CC=C(C)C. The molecule has 0 spiro atoms. The van der Waals surface area contributed by atoms with Crippen molar-refractivity contribution >= 4 is 11.8 Å². The summed E-state index contributed by atoms with van der Waals surface area (Å²) in [5.74, 6) is -0.0162. The quantitative estimate of drug-likeness (QED) is 0.776. The van der Waals surface area contributed by atoms with Crippen LogP contribution in [0.15, 0.2) is 11.6 Å². The number of hydrogen-bond acceptors (Lipinski definition) is 2. The summed E-state index contributed by atoms with van der Waals surface area (Å²) < 4.78 is 0. The van der Waals surface area contributed by atoms with Crippen LogP contribution in [0.1, 0.15) is 47.5 Å². The zero-order valence-corrected chi connectivity index (χ0v) is 12.0. The molecule has 0 radical (unpaired) electrons. The fourth-order valence-corrected chi connectivity index (χ4v) is 2.45. The summed E-state index contributed by atoms with van der Waals surface area (Å²) in [7, 11) is 0. The average molecular weight is 252 g/mol. The summed E-state index contributed by atoms with van der Waals surface area (Å²) in [5, 5.41) is 2.79. The Morgan fingerprint density at radius 2 is 1.89 bits per heavy atom. The molecule has 0 aromatic heterocycles. The molecular formula is C14H24N2O2. The Hall–Kier alpha value is -1.32. The highest BCUT2D eigenvalue weighted by Crippen LogP contribution is 2.28. The monoisotopic (exact) mass is 252 g/mol. The van der Waals surface area contributed by atoms with Gasteiger partial charge in [0.1, 0.15) is 11.6 Å². The molecule has 1 heterocycles. The van der Waals surface area contributed by atoms with E-state index in [0.29, 0.717) is 19.4 Å². The molecule has 1 rings (SSSR count). The molecule has 0 aromatic carbocycles. The Morgan fingerprint density at radius 3 is 2.33 bits per heavy atom. The number of allylic oxidation sites excluding steroid dienone is 1. The summed E-state index contributed by atoms with van der Waals surface area (Å²) >= 11 is 0. The Labute approximate surface area is 109 Å². The van der Waals surface area contributed by atoms with Crippen molar-refractivity contribution in [1.29, 1.82) is 0 Å². The fourth-order valence-electron chi connectivity index (χ4n) is 2.45. The number of hydrogen-bond donors (Lipinski definition) is 1. The van der Waals surface area contributed by atoms with Crippen LogP contribution < -0.4 is 5.32 Å². The van der Waals surface area contributed by atoms with E-state index in [0.717, 1.165) is 5.57 Å². The molecule has 1 N–H and O–H groups in total. The first-order valence-corrected chi connectivity index (χ1v) is 6.64. The molecule has 0 bridgehead atoms. The van der Waals surface area contributed by atoms with Crippen LogP contribution in [-0.2, 0) is 9.59 Å². The standard InChI is InChI=1S/C14H24N2O2/c1-6-14(7-2)13(18)15-11(5)12(17)16(14)9-8-10(3)4/h8,11H,6-7,9H2,1-5H3,(H,15,18). The molecular weight excluding hydrogens is 228 g/mol. The minimum Gasteiger partial charge on any atom is -0.343 e. The maximum Gasteiger partial charge on any atom is 0.246 e. The molecule has 2 amide bonds. The number of nitrogens with one attached hydrogen (secondary N) is 1. The van der Waals surface area contributed by atoms with E-state index < -0.39 is 11.6 Å². The minimum atomic E-state index is -0.685. The van der Waals surface area contributed by atoms with Gasteiger partial charge in [-0.15, -0.1) is 0 Å². The lowest BCUT2D eigenvalue weighted by Crippen LogP contribution is -2.69. The number of nitrogens with zero attached hydrogens (tertiary/aromatic N) is 1. The predicted molar refractivity (Wildman–Crippen MR) is 72.1 cm³/mol. The second-order valence-corrected chi connectivity index (χ2v) is 5.16. The van der Waals surface area contributed by atoms with Crippen molar-refractivity contribution in [1.82, 2.24) is 10.2 Å². The van der Waals surface area contributed by atoms with Crippen molar-refractivity contribution in [2.45, 2.75) is 59.0 Å². The number of rotatable bonds is 4. The molecule has 1 atom stereocenters. The summed E-state index contributed by atoms with van der Waals surface area (Å²) in [6.07, 6.45) is 3.29. The maximum absolute atomic E-state index is 12.3. The van der Waals surface area contributed by atoms with E-state index in [-0.39, 0.29) is 11.8 Å². The third-order valence-corrected chi connectivity index (χ3v) is 3.78. The van der Waals surface area contributed by atoms with Gasteiger partial charge in [-0.2, -0.15) is 0 Å². The van der Waals surface area contributed by atoms with Crippen LogP contribution in [0.25, 0.3) is 0 Å². The smallest absolute Gasteiger partial charge is 0.246 e. The van der Waals surface area contributed by atoms with E-state index >= 15 is 0 Å². The molecule has 1 fully saturated rings. The van der Waals surface area contributed by atoms with Crippen LogP contribution in [0.3, 0.4) is 0 Å². The molecule has 1 saturated heterocycles. The largest absolute Gasteiger partial charge is 0.343 e. The number of carbonyl (C=O) groups excluding carboxylic acids is 2. The molecule has 1 unspecified atom stereocenters. The van der Waals surface area contributed by atoms with Crippen molar-refractivity contribution in [3.63, 3.8) is 0 Å². The van der Waals surface area contributed by atoms with Crippen LogP contribution in [0.5, 0.6) is 0 Å². The van der Waals surface area contributed by atoms with E-state index in [2.05, 4.69) is 5.32 Å². The average Bonchev–Trinajstić information content (AvgIpc) is 2.32. The van der Waals surface area contributed by atoms with Gasteiger partial charge in [0.25, 0.3) is 0 Å². The Kier molecular flexibility index (Phi) is 4.54. The second-order valence-electron chi connectivity index (χ2n) is 5.16. The van der Waals surface area contributed by atoms with Crippen LogP contribution in [0, 0.1) is 0 Å². The van der Waals surface area contributed by atoms with Gasteiger partial charge in [-0.3, -0.25) is 9.59 Å². The highest BCUT2D eigenvalue weighted by Gasteiger charge is 2.48. The van der Waals surface area contributed by atoms with Crippen LogP contribution in [0.4, 0.5) is 0 Å². The zero-order chi connectivity index (χ0) is 13.9.